The SMILES string of the molecule is CNc1ncc(Br)cc1C(=O)NCC1CC2CCC1C2. The number of nitrogens with zero attached hydrogens (tertiary/aromatic N) is 1. The Morgan fingerprint density at radius 3 is 2.95 bits per heavy atom. The number of nitrogens with one attached hydrogen (secondary N) is 2. The van der Waals surface area contributed by atoms with E-state index in [9.17, 15) is 4.79 Å². The maximum Gasteiger partial charge on any atom is 0.255 e. The van der Waals surface area contributed by atoms with E-state index in [1.54, 1.807) is 13.2 Å². The van der Waals surface area contributed by atoms with Crippen LogP contribution in [0.5, 0.6) is 0 Å². The van der Waals surface area contributed by atoms with Crippen molar-refractivity contribution in [1.29, 1.82) is 0 Å². The van der Waals surface area contributed by atoms with Gasteiger partial charge in [-0.05, 0) is 59.0 Å². The predicted molar refractivity (Wildman–Crippen MR) is 82.8 cm³/mol. The van der Waals surface area contributed by atoms with Crippen LogP contribution >= 0.6 is 15.9 Å². The third-order valence-corrected chi connectivity index (χ3v) is 5.18. The molecule has 2 N–H and O–H groups in total. The zero-order valence-electron chi connectivity index (χ0n) is 11.7. The lowest BCUT2D eigenvalue weighted by atomic mass is 9.89. The summed E-state index contributed by atoms with van der Waals surface area (Å²) in [6.07, 6.45) is 7.11. The molecule has 0 aromatic carbocycles. The van der Waals surface area contributed by atoms with E-state index in [2.05, 4.69) is 31.5 Å². The smallest absolute Gasteiger partial charge is 0.255 e. The second-order valence-electron chi connectivity index (χ2n) is 5.94. The number of aromatic nitrogens is 1. The normalized spacial score (nSPS) is 27.6. The molecule has 108 valence electrons. The molecule has 0 radical (unpaired) electrons. The minimum absolute atomic E-state index is 0.0362. The molecule has 1 amide bonds. The average Bonchev–Trinajstić information content (AvgIpc) is 3.07. The minimum Gasteiger partial charge on any atom is -0.372 e. The molecule has 2 bridgehead atoms. The Hall–Kier alpha value is -1.10. The molecule has 3 rings (SSSR count). The summed E-state index contributed by atoms with van der Waals surface area (Å²) in [5.74, 6) is 3.02. The van der Waals surface area contributed by atoms with Crippen LogP contribution in [0.25, 0.3) is 0 Å². The molecule has 0 spiro atoms. The highest BCUT2D eigenvalue weighted by Gasteiger charge is 2.39. The Bertz CT molecular complexity index is 520. The molecule has 1 heterocycles. The van der Waals surface area contributed by atoms with Crippen molar-refractivity contribution < 1.29 is 4.79 Å². The van der Waals surface area contributed by atoms with Gasteiger partial charge in [0.1, 0.15) is 5.82 Å². The second-order valence-corrected chi connectivity index (χ2v) is 6.86. The Labute approximate surface area is 127 Å². The molecule has 3 unspecified atom stereocenters. The van der Waals surface area contributed by atoms with Gasteiger partial charge in [-0.2, -0.15) is 0 Å². The topological polar surface area (TPSA) is 54.0 Å². The maximum atomic E-state index is 12.3. The number of fused-ring (bicyclic) bond motifs is 2. The first-order valence-corrected chi connectivity index (χ1v) is 8.08. The Morgan fingerprint density at radius 2 is 2.30 bits per heavy atom. The highest BCUT2D eigenvalue weighted by atomic mass is 79.9. The van der Waals surface area contributed by atoms with Crippen LogP contribution in [0.1, 0.15) is 36.0 Å². The second kappa shape index (κ2) is 5.72. The van der Waals surface area contributed by atoms with Gasteiger partial charge in [-0.3, -0.25) is 4.79 Å². The first-order chi connectivity index (χ1) is 9.67. The van der Waals surface area contributed by atoms with Gasteiger partial charge in [-0.25, -0.2) is 4.98 Å². The number of hydrogen-bond acceptors (Lipinski definition) is 3. The van der Waals surface area contributed by atoms with Crippen molar-refractivity contribution in [3.05, 3.63) is 22.3 Å². The summed E-state index contributed by atoms with van der Waals surface area (Å²) in [6.45, 7) is 0.801. The first kappa shape index (κ1) is 13.9. The number of halogens is 1. The quantitative estimate of drug-likeness (QED) is 0.887. The lowest BCUT2D eigenvalue weighted by Gasteiger charge is -2.22. The van der Waals surface area contributed by atoms with Gasteiger partial charge in [0.2, 0.25) is 0 Å². The third-order valence-electron chi connectivity index (χ3n) is 4.75. The van der Waals surface area contributed by atoms with E-state index in [0.29, 0.717) is 17.3 Å². The summed E-state index contributed by atoms with van der Waals surface area (Å²) >= 11 is 3.37. The number of amides is 1. The first-order valence-electron chi connectivity index (χ1n) is 7.29. The molecule has 20 heavy (non-hydrogen) atoms. The summed E-state index contributed by atoms with van der Waals surface area (Å²) in [5.41, 5.74) is 0.602. The lowest BCUT2D eigenvalue weighted by molar-refractivity contribution is 0.0942. The van der Waals surface area contributed by atoms with E-state index in [1.807, 2.05) is 6.07 Å². The van der Waals surface area contributed by atoms with E-state index in [4.69, 9.17) is 0 Å². The molecule has 0 aliphatic heterocycles. The molecule has 2 fully saturated rings. The fraction of sp³-hybridized carbons (Fsp3) is 0.600. The van der Waals surface area contributed by atoms with E-state index < -0.39 is 0 Å². The molecule has 5 heteroatoms. The monoisotopic (exact) mass is 337 g/mol. The van der Waals surface area contributed by atoms with Crippen LogP contribution in [0.3, 0.4) is 0 Å². The van der Waals surface area contributed by atoms with E-state index >= 15 is 0 Å². The molecule has 2 aliphatic carbocycles. The van der Waals surface area contributed by atoms with Crippen LogP contribution in [0.2, 0.25) is 0 Å². The Kier molecular flexibility index (Phi) is 3.96. The highest BCUT2D eigenvalue weighted by Crippen LogP contribution is 2.47. The van der Waals surface area contributed by atoms with E-state index in [1.165, 1.54) is 25.7 Å². The lowest BCUT2D eigenvalue weighted by Crippen LogP contribution is -2.32. The molecule has 2 saturated carbocycles. The van der Waals surface area contributed by atoms with Crippen LogP contribution in [0, 0.1) is 17.8 Å². The van der Waals surface area contributed by atoms with E-state index in [-0.39, 0.29) is 5.91 Å². The molecule has 1 aromatic rings. The standard InChI is InChI=1S/C15H20BrN3O/c1-17-14-13(6-12(16)8-18-14)15(20)19-7-11-5-9-2-3-10(11)4-9/h6,8-11H,2-5,7H2,1H3,(H,17,18)(H,19,20). The fourth-order valence-electron chi connectivity index (χ4n) is 3.76. The van der Waals surface area contributed by atoms with Crippen molar-refractivity contribution >= 4 is 27.7 Å². The van der Waals surface area contributed by atoms with Crippen molar-refractivity contribution in [3.63, 3.8) is 0 Å². The van der Waals surface area contributed by atoms with Gasteiger partial charge in [-0.1, -0.05) is 6.42 Å². The predicted octanol–water partition coefficient (Wildman–Crippen LogP) is 3.05. The van der Waals surface area contributed by atoms with Gasteiger partial charge in [0.05, 0.1) is 5.56 Å². The number of anilines is 1. The van der Waals surface area contributed by atoms with Crippen molar-refractivity contribution in [1.82, 2.24) is 10.3 Å². The number of carbonyl (C=O) groups is 1. The number of rotatable bonds is 4. The molecule has 2 aliphatic rings. The van der Waals surface area contributed by atoms with Gasteiger partial charge >= 0.3 is 0 Å². The highest BCUT2D eigenvalue weighted by molar-refractivity contribution is 9.10. The zero-order chi connectivity index (χ0) is 14.1. The van der Waals surface area contributed by atoms with Crippen LogP contribution in [0.4, 0.5) is 5.82 Å². The van der Waals surface area contributed by atoms with Crippen LogP contribution in [-0.4, -0.2) is 24.5 Å². The molecular weight excluding hydrogens is 318 g/mol. The van der Waals surface area contributed by atoms with Gasteiger partial charge in [-0.15, -0.1) is 0 Å². The van der Waals surface area contributed by atoms with Crippen LogP contribution in [0.15, 0.2) is 16.7 Å². The van der Waals surface area contributed by atoms with Gasteiger partial charge in [0.15, 0.2) is 0 Å². The van der Waals surface area contributed by atoms with Gasteiger partial charge in [0, 0.05) is 24.3 Å². The third kappa shape index (κ3) is 2.68. The largest absolute Gasteiger partial charge is 0.372 e. The van der Waals surface area contributed by atoms with Crippen molar-refractivity contribution in [2.75, 3.05) is 18.9 Å². The minimum atomic E-state index is -0.0362. The van der Waals surface area contributed by atoms with Crippen molar-refractivity contribution in [2.24, 2.45) is 17.8 Å². The Morgan fingerprint density at radius 1 is 1.45 bits per heavy atom. The number of pyridine rings is 1. The fourth-order valence-corrected chi connectivity index (χ4v) is 4.09. The zero-order valence-corrected chi connectivity index (χ0v) is 13.2. The maximum absolute atomic E-state index is 12.3. The molecule has 4 nitrogen and oxygen atoms in total. The van der Waals surface area contributed by atoms with Crippen LogP contribution in [-0.2, 0) is 0 Å². The number of hydrogen-bond donors (Lipinski definition) is 2. The average molecular weight is 338 g/mol. The van der Waals surface area contributed by atoms with Gasteiger partial charge < -0.3 is 10.6 Å². The molecule has 1 aromatic heterocycles. The van der Waals surface area contributed by atoms with Crippen LogP contribution < -0.4 is 10.6 Å². The summed E-state index contributed by atoms with van der Waals surface area (Å²) in [4.78, 5) is 16.5. The van der Waals surface area contributed by atoms with Gasteiger partial charge in [0.25, 0.3) is 5.91 Å². The number of carbonyl (C=O) groups excluding carboxylic acids is 1. The molecular formula is C15H20BrN3O. The molecule has 0 saturated heterocycles. The van der Waals surface area contributed by atoms with E-state index in [0.717, 1.165) is 22.9 Å². The summed E-state index contributed by atoms with van der Waals surface area (Å²) < 4.78 is 0.821. The Balaban J connectivity index is 1.63. The van der Waals surface area contributed by atoms with Crippen molar-refractivity contribution in [3.8, 4) is 0 Å². The summed E-state index contributed by atoms with van der Waals surface area (Å²) in [7, 11) is 1.78. The summed E-state index contributed by atoms with van der Waals surface area (Å²) in [5, 5.41) is 6.05. The summed E-state index contributed by atoms with van der Waals surface area (Å²) in [6, 6.07) is 1.81. The molecule has 3 atom stereocenters. The van der Waals surface area contributed by atoms with Crippen molar-refractivity contribution in [2.45, 2.75) is 25.7 Å².